The highest BCUT2D eigenvalue weighted by molar-refractivity contribution is 5.70. The number of ether oxygens (including phenoxy) is 3. The molecular formula is C28H37N3O6. The Balaban J connectivity index is 1.73. The van der Waals surface area contributed by atoms with Crippen LogP contribution in [0.2, 0.25) is 0 Å². The van der Waals surface area contributed by atoms with Crippen LogP contribution in [-0.4, -0.2) is 72.1 Å². The molecule has 0 aliphatic carbocycles. The van der Waals surface area contributed by atoms with Crippen LogP contribution >= 0.6 is 0 Å². The summed E-state index contributed by atoms with van der Waals surface area (Å²) in [5.41, 5.74) is 2.55. The van der Waals surface area contributed by atoms with Crippen molar-refractivity contribution in [1.29, 1.82) is 0 Å². The van der Waals surface area contributed by atoms with Gasteiger partial charge < -0.3 is 24.6 Å². The first kappa shape index (κ1) is 26.6. The zero-order valence-corrected chi connectivity index (χ0v) is 22.2. The molecule has 2 heterocycles. The van der Waals surface area contributed by atoms with Crippen LogP contribution in [0.4, 0.5) is 9.59 Å². The van der Waals surface area contributed by atoms with Crippen molar-refractivity contribution in [2.24, 2.45) is 0 Å². The Morgan fingerprint density at radius 1 is 1.11 bits per heavy atom. The molecule has 0 spiro atoms. The fourth-order valence-electron chi connectivity index (χ4n) is 5.40. The minimum atomic E-state index is -1.11. The van der Waals surface area contributed by atoms with E-state index in [2.05, 4.69) is 10.2 Å². The van der Waals surface area contributed by atoms with Gasteiger partial charge in [-0.3, -0.25) is 9.80 Å². The fourth-order valence-corrected chi connectivity index (χ4v) is 5.40. The number of nitrogens with zero attached hydrogens (tertiary/aromatic N) is 2. The molecule has 4 rings (SSSR count). The number of carbonyl (C=O) groups is 2. The molecule has 0 aromatic heterocycles. The molecule has 0 saturated carbocycles. The van der Waals surface area contributed by atoms with E-state index in [1.165, 1.54) is 5.56 Å². The van der Waals surface area contributed by atoms with E-state index in [-0.39, 0.29) is 6.04 Å². The van der Waals surface area contributed by atoms with Gasteiger partial charge in [-0.1, -0.05) is 30.3 Å². The SMILES string of the molecule is COc1cc2c(cc1OC)C1CC(N(Cc3ccccc3)C(=O)OC(C)(C)C)C(NC(=O)O)CN1CC2. The molecule has 37 heavy (non-hydrogen) atoms. The molecule has 0 radical (unpaired) electrons. The summed E-state index contributed by atoms with van der Waals surface area (Å²) in [5.74, 6) is 1.34. The molecule has 3 atom stereocenters. The first-order valence-corrected chi connectivity index (χ1v) is 12.6. The molecule has 2 aliphatic rings. The quantitative estimate of drug-likeness (QED) is 0.591. The van der Waals surface area contributed by atoms with Gasteiger partial charge in [0.25, 0.3) is 0 Å². The standard InChI is InChI=1S/C28H37N3O6/c1-28(2,3)37-27(34)31(16-18-9-7-6-8-10-18)23-15-22-20-14-25(36-5)24(35-4)13-19(20)11-12-30(22)17-21(23)29-26(32)33/h6-10,13-14,21-23,29H,11-12,15-17H2,1-5H3,(H,32,33). The number of hydrogen-bond acceptors (Lipinski definition) is 6. The first-order valence-electron chi connectivity index (χ1n) is 12.6. The Morgan fingerprint density at radius 2 is 1.78 bits per heavy atom. The van der Waals surface area contributed by atoms with Gasteiger partial charge >= 0.3 is 12.2 Å². The van der Waals surface area contributed by atoms with Gasteiger partial charge in [-0.2, -0.15) is 0 Å². The van der Waals surface area contributed by atoms with Crippen molar-refractivity contribution in [3.63, 3.8) is 0 Å². The topological polar surface area (TPSA) is 101 Å². The zero-order chi connectivity index (χ0) is 26.7. The average molecular weight is 512 g/mol. The highest BCUT2D eigenvalue weighted by Crippen LogP contribution is 2.43. The summed E-state index contributed by atoms with van der Waals surface area (Å²) in [5, 5.41) is 12.4. The van der Waals surface area contributed by atoms with Gasteiger partial charge in [0.1, 0.15) is 5.60 Å². The lowest BCUT2D eigenvalue weighted by atomic mass is 9.82. The van der Waals surface area contributed by atoms with Gasteiger partial charge in [0, 0.05) is 25.7 Å². The predicted molar refractivity (Wildman–Crippen MR) is 139 cm³/mol. The molecule has 3 unspecified atom stereocenters. The lowest BCUT2D eigenvalue weighted by Crippen LogP contribution is -2.63. The summed E-state index contributed by atoms with van der Waals surface area (Å²) >= 11 is 0. The number of rotatable bonds is 6. The lowest BCUT2D eigenvalue weighted by Gasteiger charge is -2.49. The number of carbonyl (C=O) groups excluding carboxylic acids is 1. The highest BCUT2D eigenvalue weighted by Gasteiger charge is 2.44. The maximum atomic E-state index is 13.6. The van der Waals surface area contributed by atoms with E-state index in [9.17, 15) is 14.7 Å². The van der Waals surface area contributed by atoms with E-state index in [4.69, 9.17) is 14.2 Å². The molecule has 200 valence electrons. The average Bonchev–Trinajstić information content (AvgIpc) is 2.85. The van der Waals surface area contributed by atoms with Gasteiger partial charge in [0.15, 0.2) is 11.5 Å². The number of methoxy groups -OCH3 is 2. The van der Waals surface area contributed by atoms with Gasteiger partial charge in [0.2, 0.25) is 0 Å². The van der Waals surface area contributed by atoms with Crippen LogP contribution in [0.5, 0.6) is 11.5 Å². The lowest BCUT2D eigenvalue weighted by molar-refractivity contribution is -0.0116. The van der Waals surface area contributed by atoms with E-state index in [1.54, 1.807) is 19.1 Å². The van der Waals surface area contributed by atoms with Gasteiger partial charge in [0.05, 0.1) is 26.3 Å². The van der Waals surface area contributed by atoms with Crippen LogP contribution in [-0.2, 0) is 17.7 Å². The monoisotopic (exact) mass is 511 g/mol. The molecule has 2 aromatic rings. The van der Waals surface area contributed by atoms with E-state index in [1.807, 2.05) is 63.2 Å². The summed E-state index contributed by atoms with van der Waals surface area (Å²) in [4.78, 5) is 29.4. The Labute approximate surface area is 218 Å². The van der Waals surface area contributed by atoms with Crippen molar-refractivity contribution >= 4 is 12.2 Å². The maximum absolute atomic E-state index is 13.6. The smallest absolute Gasteiger partial charge is 0.410 e. The Kier molecular flexibility index (Phi) is 7.82. The predicted octanol–water partition coefficient (Wildman–Crippen LogP) is 4.45. The number of fused-ring (bicyclic) bond motifs is 3. The second kappa shape index (κ2) is 10.9. The number of hydrogen-bond donors (Lipinski definition) is 2. The van der Waals surface area contributed by atoms with Crippen molar-refractivity contribution in [3.05, 3.63) is 59.2 Å². The first-order chi connectivity index (χ1) is 17.6. The minimum absolute atomic E-state index is 0.0129. The number of piperidine rings is 1. The molecule has 2 aliphatic heterocycles. The third-order valence-corrected chi connectivity index (χ3v) is 7.01. The van der Waals surface area contributed by atoms with Crippen LogP contribution in [0, 0.1) is 0 Å². The van der Waals surface area contributed by atoms with E-state index in [0.717, 1.165) is 24.1 Å². The summed E-state index contributed by atoms with van der Waals surface area (Å²) in [6.07, 6.45) is -0.216. The Hall–Kier alpha value is -3.46. The molecule has 2 aromatic carbocycles. The number of carboxylic acid groups (broad SMARTS) is 1. The molecule has 2 N–H and O–H groups in total. The molecule has 2 amide bonds. The van der Waals surface area contributed by atoms with E-state index < -0.39 is 29.9 Å². The van der Waals surface area contributed by atoms with Gasteiger partial charge in [-0.15, -0.1) is 0 Å². The highest BCUT2D eigenvalue weighted by atomic mass is 16.6. The van der Waals surface area contributed by atoms with Gasteiger partial charge in [-0.25, -0.2) is 9.59 Å². The Bertz CT molecular complexity index is 1120. The van der Waals surface area contributed by atoms with Crippen molar-refractivity contribution < 1.29 is 28.9 Å². The summed E-state index contributed by atoms with van der Waals surface area (Å²) in [7, 11) is 3.24. The summed E-state index contributed by atoms with van der Waals surface area (Å²) in [6, 6.07) is 12.8. The number of amides is 2. The summed E-state index contributed by atoms with van der Waals surface area (Å²) < 4.78 is 16.9. The molecule has 0 bridgehead atoms. The second-order valence-electron chi connectivity index (χ2n) is 10.6. The normalized spacial score (nSPS) is 21.3. The van der Waals surface area contributed by atoms with Crippen LogP contribution in [0.3, 0.4) is 0 Å². The molecule has 9 heteroatoms. The molecule has 9 nitrogen and oxygen atoms in total. The van der Waals surface area contributed by atoms with Crippen LogP contribution in [0.25, 0.3) is 0 Å². The zero-order valence-electron chi connectivity index (χ0n) is 22.2. The summed E-state index contributed by atoms with van der Waals surface area (Å²) in [6.45, 7) is 7.06. The number of nitrogens with one attached hydrogen (secondary N) is 1. The largest absolute Gasteiger partial charge is 0.493 e. The van der Waals surface area contributed by atoms with Crippen molar-refractivity contribution in [2.45, 2.75) is 63.9 Å². The van der Waals surface area contributed by atoms with Crippen LogP contribution < -0.4 is 14.8 Å². The van der Waals surface area contributed by atoms with Crippen LogP contribution in [0.15, 0.2) is 42.5 Å². The molecular weight excluding hydrogens is 474 g/mol. The maximum Gasteiger partial charge on any atom is 0.410 e. The molecule has 1 fully saturated rings. The molecule has 1 saturated heterocycles. The third-order valence-electron chi connectivity index (χ3n) is 7.01. The van der Waals surface area contributed by atoms with E-state index in [0.29, 0.717) is 31.0 Å². The third kappa shape index (κ3) is 6.10. The van der Waals surface area contributed by atoms with Crippen LogP contribution in [0.1, 0.15) is 49.9 Å². The second-order valence-corrected chi connectivity index (χ2v) is 10.6. The number of benzene rings is 2. The van der Waals surface area contributed by atoms with Gasteiger partial charge in [-0.05, 0) is 62.4 Å². The minimum Gasteiger partial charge on any atom is -0.493 e. The van der Waals surface area contributed by atoms with Crippen molar-refractivity contribution in [1.82, 2.24) is 15.1 Å². The fraction of sp³-hybridized carbons (Fsp3) is 0.500. The van der Waals surface area contributed by atoms with Crippen molar-refractivity contribution in [2.75, 3.05) is 27.3 Å². The Morgan fingerprint density at radius 3 is 2.41 bits per heavy atom. The van der Waals surface area contributed by atoms with Crippen molar-refractivity contribution in [3.8, 4) is 11.5 Å². The van der Waals surface area contributed by atoms with E-state index >= 15 is 0 Å².